The first-order valence-electron chi connectivity index (χ1n) is 8.12. The predicted octanol–water partition coefficient (Wildman–Crippen LogP) is 4.83. The fourth-order valence-electron chi connectivity index (χ4n) is 2.18. The van der Waals surface area contributed by atoms with Crippen LogP contribution in [0.4, 0.5) is 0 Å². The van der Waals surface area contributed by atoms with Crippen molar-refractivity contribution in [1.29, 1.82) is 0 Å². The topological polar surface area (TPSA) is 75.6 Å². The summed E-state index contributed by atoms with van der Waals surface area (Å²) in [6.45, 7) is 3.79. The van der Waals surface area contributed by atoms with Crippen molar-refractivity contribution < 1.29 is 19.4 Å². The van der Waals surface area contributed by atoms with E-state index in [1.54, 1.807) is 24.3 Å². The maximum atomic E-state index is 11.8. The largest absolute Gasteiger partial charge is 0.477 e. The van der Waals surface area contributed by atoms with Crippen LogP contribution in [0.5, 0.6) is 11.5 Å². The molecule has 6 heteroatoms. The molecule has 0 bridgehead atoms. The van der Waals surface area contributed by atoms with Crippen molar-refractivity contribution in [3.63, 3.8) is 0 Å². The maximum absolute atomic E-state index is 11.8. The van der Waals surface area contributed by atoms with E-state index in [1.807, 2.05) is 38.1 Å². The number of ether oxygens (including phenoxy) is 1. The number of benzene rings is 2. The van der Waals surface area contributed by atoms with E-state index in [1.165, 1.54) is 6.08 Å². The molecule has 0 unspecified atom stereocenters. The first kappa shape index (κ1) is 19.7. The average Bonchev–Trinajstić information content (AvgIpc) is 2.57. The number of hydrogen-bond acceptors (Lipinski definition) is 3. The molecule has 5 nitrogen and oxygen atoms in total. The van der Waals surface area contributed by atoms with E-state index in [2.05, 4.69) is 21.2 Å². The summed E-state index contributed by atoms with van der Waals surface area (Å²) in [6.07, 6.45) is 1.69. The summed E-state index contributed by atoms with van der Waals surface area (Å²) in [5.74, 6) is -0.0466. The highest BCUT2D eigenvalue weighted by Crippen LogP contribution is 2.29. The second-order valence-corrected chi connectivity index (χ2v) is 6.97. The zero-order valence-electron chi connectivity index (χ0n) is 14.5. The molecular weight excluding hydrogens is 398 g/mol. The Morgan fingerprint density at radius 3 is 2.38 bits per heavy atom. The molecule has 26 heavy (non-hydrogen) atoms. The first-order valence-corrected chi connectivity index (χ1v) is 8.91. The number of hydrogen-bond donors (Lipinski definition) is 2. The minimum Gasteiger partial charge on any atom is -0.477 e. The van der Waals surface area contributed by atoms with Crippen LogP contribution in [0.3, 0.4) is 0 Å². The van der Waals surface area contributed by atoms with Gasteiger partial charge in [0.15, 0.2) is 0 Å². The highest BCUT2D eigenvalue weighted by Gasteiger charge is 2.13. The number of aliphatic carboxylic acids is 1. The van der Waals surface area contributed by atoms with E-state index in [4.69, 9.17) is 4.74 Å². The van der Waals surface area contributed by atoms with Crippen molar-refractivity contribution in [3.8, 4) is 11.5 Å². The van der Waals surface area contributed by atoms with Gasteiger partial charge < -0.3 is 15.2 Å². The molecule has 2 rings (SSSR count). The number of nitrogens with one attached hydrogen (secondary N) is 1. The summed E-state index contributed by atoms with van der Waals surface area (Å²) in [7, 11) is 0. The Labute approximate surface area is 160 Å². The molecule has 0 radical (unpaired) electrons. The van der Waals surface area contributed by atoms with Gasteiger partial charge in [-0.1, -0.05) is 38.1 Å². The van der Waals surface area contributed by atoms with Gasteiger partial charge in [0.1, 0.15) is 17.2 Å². The first-order chi connectivity index (χ1) is 12.3. The summed E-state index contributed by atoms with van der Waals surface area (Å²) in [5.41, 5.74) is 0.488. The Balaban J connectivity index is 2.12. The Bertz CT molecular complexity index is 813. The number of carboxylic acids is 1. The lowest BCUT2D eigenvalue weighted by Gasteiger charge is -2.09. The van der Waals surface area contributed by atoms with Crippen molar-refractivity contribution in [3.05, 3.63) is 64.3 Å². The highest BCUT2D eigenvalue weighted by molar-refractivity contribution is 9.10. The normalized spacial score (nSPS) is 11.3. The number of carbonyl (C=O) groups excluding carboxylic acids is 1. The van der Waals surface area contributed by atoms with Gasteiger partial charge in [-0.25, -0.2) is 4.79 Å². The second kappa shape index (κ2) is 9.20. The van der Waals surface area contributed by atoms with Crippen molar-refractivity contribution in [1.82, 2.24) is 5.32 Å². The predicted molar refractivity (Wildman–Crippen MR) is 104 cm³/mol. The van der Waals surface area contributed by atoms with E-state index < -0.39 is 5.97 Å². The molecule has 0 saturated carbocycles. The summed E-state index contributed by atoms with van der Waals surface area (Å²) in [6, 6.07) is 14.4. The van der Waals surface area contributed by atoms with Crippen LogP contribution in [0.15, 0.2) is 58.7 Å². The van der Waals surface area contributed by atoms with Gasteiger partial charge in [0.05, 0.1) is 4.47 Å². The van der Waals surface area contributed by atoms with Gasteiger partial charge in [-0.2, -0.15) is 0 Å². The molecule has 2 N–H and O–H groups in total. The maximum Gasteiger partial charge on any atom is 0.352 e. The number of halogens is 1. The summed E-state index contributed by atoms with van der Waals surface area (Å²) in [5, 5.41) is 11.7. The second-order valence-electron chi connectivity index (χ2n) is 6.11. The van der Waals surface area contributed by atoms with Crippen LogP contribution in [0.1, 0.15) is 25.8 Å². The van der Waals surface area contributed by atoms with Crippen molar-refractivity contribution >= 4 is 33.9 Å². The number of amides is 1. The van der Waals surface area contributed by atoms with Crippen LogP contribution >= 0.6 is 15.9 Å². The minimum atomic E-state index is -1.18. The molecule has 0 spiro atoms. The molecule has 136 valence electrons. The summed E-state index contributed by atoms with van der Waals surface area (Å²) in [4.78, 5) is 23.2. The van der Waals surface area contributed by atoms with Gasteiger partial charge in [-0.3, -0.25) is 4.79 Å². The summed E-state index contributed by atoms with van der Waals surface area (Å²) < 4.78 is 6.61. The molecule has 0 aromatic heterocycles. The van der Waals surface area contributed by atoms with E-state index in [0.29, 0.717) is 17.1 Å². The van der Waals surface area contributed by atoms with Crippen LogP contribution in [0.25, 0.3) is 6.08 Å². The van der Waals surface area contributed by atoms with Gasteiger partial charge >= 0.3 is 5.97 Å². The number of carbonyl (C=O) groups is 2. The quantitative estimate of drug-likeness (QED) is 0.632. The third-order valence-electron chi connectivity index (χ3n) is 3.35. The van der Waals surface area contributed by atoms with E-state index in [-0.39, 0.29) is 23.9 Å². The third-order valence-corrected chi connectivity index (χ3v) is 4.01. The lowest BCUT2D eigenvalue weighted by molar-refractivity contribution is -0.134. The van der Waals surface area contributed by atoms with Crippen molar-refractivity contribution in [2.24, 2.45) is 5.92 Å². The van der Waals surface area contributed by atoms with Crippen molar-refractivity contribution in [2.75, 3.05) is 0 Å². The summed E-state index contributed by atoms with van der Waals surface area (Å²) >= 11 is 3.42. The average molecular weight is 418 g/mol. The lowest BCUT2D eigenvalue weighted by Crippen LogP contribution is -2.28. The Morgan fingerprint density at radius 1 is 1.15 bits per heavy atom. The molecule has 2 aromatic carbocycles. The Morgan fingerprint density at radius 2 is 1.81 bits per heavy atom. The van der Waals surface area contributed by atoms with Crippen LogP contribution in [-0.2, 0) is 9.59 Å². The third kappa shape index (κ3) is 6.04. The van der Waals surface area contributed by atoms with Crippen LogP contribution in [-0.4, -0.2) is 17.0 Å². The number of rotatable bonds is 7. The van der Waals surface area contributed by atoms with Crippen LogP contribution in [0.2, 0.25) is 0 Å². The molecule has 0 fully saturated rings. The lowest BCUT2D eigenvalue weighted by atomic mass is 10.1. The highest BCUT2D eigenvalue weighted by atomic mass is 79.9. The van der Waals surface area contributed by atoms with Crippen molar-refractivity contribution in [2.45, 2.75) is 20.3 Å². The van der Waals surface area contributed by atoms with Gasteiger partial charge in [-0.05, 0) is 57.8 Å². The Kier molecular flexibility index (Phi) is 6.97. The number of para-hydroxylation sites is 1. The molecule has 2 aromatic rings. The number of carboxylic acid groups (broad SMARTS) is 1. The van der Waals surface area contributed by atoms with E-state index >= 15 is 0 Å². The SMILES string of the molecule is CC(C)CC(=O)NC(=Cc1ccc(Oc2ccccc2Br)cc1)C(=O)O. The molecule has 0 aliphatic carbocycles. The minimum absolute atomic E-state index is 0.152. The van der Waals surface area contributed by atoms with E-state index in [0.717, 1.165) is 4.47 Å². The Hall–Kier alpha value is -2.60. The monoisotopic (exact) mass is 417 g/mol. The molecule has 1 amide bonds. The standard InChI is InChI=1S/C20H20BrNO4/c1-13(2)11-19(23)22-17(20(24)25)12-14-7-9-15(10-8-14)26-18-6-4-3-5-16(18)21/h3-10,12-13H,11H2,1-2H3,(H,22,23)(H,24,25). The fourth-order valence-corrected chi connectivity index (χ4v) is 2.54. The molecule has 0 aliphatic heterocycles. The molecular formula is C20H20BrNO4. The van der Waals surface area contributed by atoms with Crippen LogP contribution in [0, 0.1) is 5.92 Å². The molecule has 0 saturated heterocycles. The molecule has 0 aliphatic rings. The smallest absolute Gasteiger partial charge is 0.352 e. The van der Waals surface area contributed by atoms with Gasteiger partial charge in [0.2, 0.25) is 5.91 Å². The fraction of sp³-hybridized carbons (Fsp3) is 0.200. The zero-order chi connectivity index (χ0) is 19.1. The van der Waals surface area contributed by atoms with E-state index in [9.17, 15) is 14.7 Å². The molecule has 0 heterocycles. The zero-order valence-corrected chi connectivity index (χ0v) is 16.1. The van der Waals surface area contributed by atoms with Gasteiger partial charge in [0.25, 0.3) is 0 Å². The van der Waals surface area contributed by atoms with Gasteiger partial charge in [0, 0.05) is 6.42 Å². The van der Waals surface area contributed by atoms with Crippen LogP contribution < -0.4 is 10.1 Å². The molecule has 0 atom stereocenters. The van der Waals surface area contributed by atoms with Gasteiger partial charge in [-0.15, -0.1) is 0 Å².